The van der Waals surface area contributed by atoms with Gasteiger partial charge in [-0.25, -0.2) is 0 Å². The fourth-order valence-electron chi connectivity index (χ4n) is 1.49. The summed E-state index contributed by atoms with van der Waals surface area (Å²) >= 11 is 0. The van der Waals surface area contributed by atoms with Gasteiger partial charge in [0.2, 0.25) is 0 Å². The summed E-state index contributed by atoms with van der Waals surface area (Å²) in [6.45, 7) is 4.15. The SMILES string of the molecule is CCCCOCCCNC(=O)c1nn(C)cc1N. The second-order valence-corrected chi connectivity index (χ2v) is 4.18. The molecule has 0 aliphatic carbocycles. The molecule has 0 aliphatic rings. The molecule has 18 heavy (non-hydrogen) atoms. The molecule has 0 unspecified atom stereocenters. The number of carbonyl (C=O) groups is 1. The Bertz CT molecular complexity index is 376. The van der Waals surface area contributed by atoms with Crippen LogP contribution in [0.5, 0.6) is 0 Å². The molecular weight excluding hydrogens is 232 g/mol. The van der Waals surface area contributed by atoms with E-state index in [1.54, 1.807) is 13.2 Å². The van der Waals surface area contributed by atoms with Gasteiger partial charge >= 0.3 is 0 Å². The summed E-state index contributed by atoms with van der Waals surface area (Å²) in [5.74, 6) is -0.235. The number of aromatic nitrogens is 2. The van der Waals surface area contributed by atoms with E-state index in [2.05, 4.69) is 17.3 Å². The van der Waals surface area contributed by atoms with E-state index >= 15 is 0 Å². The number of amides is 1. The fraction of sp³-hybridized carbons (Fsp3) is 0.667. The van der Waals surface area contributed by atoms with Crippen LogP contribution >= 0.6 is 0 Å². The number of ether oxygens (including phenoxy) is 1. The average Bonchev–Trinajstić information content (AvgIpc) is 2.67. The summed E-state index contributed by atoms with van der Waals surface area (Å²) in [5.41, 5.74) is 6.34. The maximum Gasteiger partial charge on any atom is 0.273 e. The predicted molar refractivity (Wildman–Crippen MR) is 70.3 cm³/mol. The van der Waals surface area contributed by atoms with Crippen LogP contribution in [0.3, 0.4) is 0 Å². The van der Waals surface area contributed by atoms with Crippen molar-refractivity contribution in [1.82, 2.24) is 15.1 Å². The van der Waals surface area contributed by atoms with Crippen LogP contribution < -0.4 is 11.1 Å². The van der Waals surface area contributed by atoms with Gasteiger partial charge in [0.05, 0.1) is 5.69 Å². The Morgan fingerprint density at radius 3 is 2.83 bits per heavy atom. The zero-order chi connectivity index (χ0) is 13.4. The molecule has 3 N–H and O–H groups in total. The molecule has 0 aromatic carbocycles. The number of hydrogen-bond donors (Lipinski definition) is 2. The third-order valence-electron chi connectivity index (χ3n) is 2.47. The lowest BCUT2D eigenvalue weighted by Gasteiger charge is -2.05. The molecule has 0 radical (unpaired) electrons. The number of aryl methyl sites for hydroxylation is 1. The van der Waals surface area contributed by atoms with Crippen molar-refractivity contribution >= 4 is 11.6 Å². The van der Waals surface area contributed by atoms with Crippen molar-refractivity contribution in [2.24, 2.45) is 7.05 Å². The van der Waals surface area contributed by atoms with E-state index in [0.29, 0.717) is 18.8 Å². The van der Waals surface area contributed by atoms with Gasteiger partial charge < -0.3 is 15.8 Å². The molecule has 6 heteroatoms. The van der Waals surface area contributed by atoms with E-state index in [0.717, 1.165) is 25.9 Å². The molecular formula is C12H22N4O2. The van der Waals surface area contributed by atoms with Gasteiger partial charge in [-0.2, -0.15) is 5.10 Å². The topological polar surface area (TPSA) is 82.2 Å². The number of nitrogens with one attached hydrogen (secondary N) is 1. The number of hydrogen-bond acceptors (Lipinski definition) is 4. The van der Waals surface area contributed by atoms with Gasteiger partial charge in [0.25, 0.3) is 5.91 Å². The number of carbonyl (C=O) groups excluding carboxylic acids is 1. The molecule has 0 atom stereocenters. The summed E-state index contributed by atoms with van der Waals surface area (Å²) in [6, 6.07) is 0. The molecule has 6 nitrogen and oxygen atoms in total. The highest BCUT2D eigenvalue weighted by Gasteiger charge is 2.12. The molecule has 1 aromatic heterocycles. The number of anilines is 1. The molecule has 0 bridgehead atoms. The van der Waals surface area contributed by atoms with Gasteiger partial charge in [-0.1, -0.05) is 13.3 Å². The molecule has 0 spiro atoms. The van der Waals surface area contributed by atoms with Gasteiger partial charge in [0, 0.05) is 33.0 Å². The van der Waals surface area contributed by atoms with Crippen molar-refractivity contribution in [1.29, 1.82) is 0 Å². The van der Waals surface area contributed by atoms with Crippen LogP contribution in [0, 0.1) is 0 Å². The van der Waals surface area contributed by atoms with E-state index < -0.39 is 0 Å². The molecule has 0 fully saturated rings. The number of nitrogens with two attached hydrogens (primary N) is 1. The highest BCUT2D eigenvalue weighted by Crippen LogP contribution is 2.07. The van der Waals surface area contributed by atoms with Crippen LogP contribution in [0.2, 0.25) is 0 Å². The Morgan fingerprint density at radius 1 is 1.50 bits per heavy atom. The average molecular weight is 254 g/mol. The molecule has 1 rings (SSSR count). The minimum absolute atomic E-state index is 0.235. The van der Waals surface area contributed by atoms with E-state index in [4.69, 9.17) is 10.5 Å². The molecule has 1 amide bonds. The Labute approximate surface area is 107 Å². The first-order chi connectivity index (χ1) is 8.65. The third-order valence-corrected chi connectivity index (χ3v) is 2.47. The summed E-state index contributed by atoms with van der Waals surface area (Å²) in [7, 11) is 1.73. The van der Waals surface area contributed by atoms with E-state index in [9.17, 15) is 4.79 Å². The summed E-state index contributed by atoms with van der Waals surface area (Å²) in [4.78, 5) is 11.7. The van der Waals surface area contributed by atoms with E-state index in [1.807, 2.05) is 0 Å². The highest BCUT2D eigenvalue weighted by molar-refractivity contribution is 5.96. The molecule has 102 valence electrons. The smallest absolute Gasteiger partial charge is 0.273 e. The van der Waals surface area contributed by atoms with Gasteiger partial charge in [0.15, 0.2) is 5.69 Å². The first-order valence-corrected chi connectivity index (χ1v) is 6.30. The van der Waals surface area contributed by atoms with Crippen molar-refractivity contribution in [3.63, 3.8) is 0 Å². The maximum absolute atomic E-state index is 11.7. The summed E-state index contributed by atoms with van der Waals surface area (Å²) < 4.78 is 6.92. The monoisotopic (exact) mass is 254 g/mol. The molecule has 1 aromatic rings. The van der Waals surface area contributed by atoms with Gasteiger partial charge in [0.1, 0.15) is 0 Å². The minimum atomic E-state index is -0.235. The third kappa shape index (κ3) is 4.75. The van der Waals surface area contributed by atoms with Crippen LogP contribution in [0.25, 0.3) is 0 Å². The number of rotatable bonds is 8. The Balaban J connectivity index is 2.16. The van der Waals surface area contributed by atoms with Gasteiger partial charge in [-0.3, -0.25) is 9.48 Å². The zero-order valence-corrected chi connectivity index (χ0v) is 11.1. The van der Waals surface area contributed by atoms with Crippen molar-refractivity contribution in [3.05, 3.63) is 11.9 Å². The van der Waals surface area contributed by atoms with Gasteiger partial charge in [-0.15, -0.1) is 0 Å². The lowest BCUT2D eigenvalue weighted by atomic mass is 10.3. The van der Waals surface area contributed by atoms with Crippen molar-refractivity contribution < 1.29 is 9.53 Å². The second kappa shape index (κ2) is 7.71. The molecule has 0 saturated heterocycles. The van der Waals surface area contributed by atoms with Crippen molar-refractivity contribution in [3.8, 4) is 0 Å². The zero-order valence-electron chi connectivity index (χ0n) is 11.1. The normalized spacial score (nSPS) is 10.6. The van der Waals surface area contributed by atoms with Crippen LogP contribution in [0.4, 0.5) is 5.69 Å². The molecule has 1 heterocycles. The second-order valence-electron chi connectivity index (χ2n) is 4.18. The quantitative estimate of drug-likeness (QED) is 0.676. The largest absolute Gasteiger partial charge is 0.396 e. The van der Waals surface area contributed by atoms with Crippen molar-refractivity contribution in [2.75, 3.05) is 25.5 Å². The molecule has 0 saturated carbocycles. The Hall–Kier alpha value is -1.56. The van der Waals surface area contributed by atoms with E-state index in [-0.39, 0.29) is 11.6 Å². The summed E-state index contributed by atoms with van der Waals surface area (Å²) in [5, 5.41) is 6.77. The molecule has 0 aliphatic heterocycles. The Morgan fingerprint density at radius 2 is 2.22 bits per heavy atom. The first-order valence-electron chi connectivity index (χ1n) is 6.30. The minimum Gasteiger partial charge on any atom is -0.396 e. The number of nitrogens with zero attached hydrogens (tertiary/aromatic N) is 2. The summed E-state index contributed by atoms with van der Waals surface area (Å²) in [6.07, 6.45) is 4.62. The van der Waals surface area contributed by atoms with Crippen LogP contribution in [-0.2, 0) is 11.8 Å². The van der Waals surface area contributed by atoms with Crippen LogP contribution in [0.1, 0.15) is 36.7 Å². The van der Waals surface area contributed by atoms with Crippen LogP contribution in [-0.4, -0.2) is 35.4 Å². The standard InChI is InChI=1S/C12H22N4O2/c1-3-4-7-18-8-5-6-14-12(17)11-10(13)9-16(2)15-11/h9H,3-8,13H2,1-2H3,(H,14,17). The maximum atomic E-state index is 11.7. The highest BCUT2D eigenvalue weighted by atomic mass is 16.5. The van der Waals surface area contributed by atoms with E-state index in [1.165, 1.54) is 4.68 Å². The lowest BCUT2D eigenvalue weighted by Crippen LogP contribution is -2.26. The predicted octanol–water partition coefficient (Wildman–Crippen LogP) is 0.939. The fourth-order valence-corrected chi connectivity index (χ4v) is 1.49. The van der Waals surface area contributed by atoms with Crippen LogP contribution in [0.15, 0.2) is 6.20 Å². The Kier molecular flexibility index (Phi) is 6.21. The lowest BCUT2D eigenvalue weighted by molar-refractivity contribution is 0.0935. The number of unbranched alkanes of at least 4 members (excludes halogenated alkanes) is 1. The number of nitrogen functional groups attached to an aromatic ring is 1. The van der Waals surface area contributed by atoms with Crippen molar-refractivity contribution in [2.45, 2.75) is 26.2 Å². The first kappa shape index (κ1) is 14.5. The van der Waals surface area contributed by atoms with Gasteiger partial charge in [-0.05, 0) is 12.8 Å².